The van der Waals surface area contributed by atoms with E-state index in [4.69, 9.17) is 11.6 Å². The van der Waals surface area contributed by atoms with Crippen molar-refractivity contribution in [1.29, 1.82) is 0 Å². The summed E-state index contributed by atoms with van der Waals surface area (Å²) in [6.07, 6.45) is 4.60. The summed E-state index contributed by atoms with van der Waals surface area (Å²) in [5.74, 6) is 0. The van der Waals surface area contributed by atoms with Gasteiger partial charge in [-0.1, -0.05) is 54.1 Å². The molecule has 2 N–H and O–H groups in total. The number of halogens is 1. The van der Waals surface area contributed by atoms with Gasteiger partial charge in [0.1, 0.15) is 5.15 Å². The van der Waals surface area contributed by atoms with Gasteiger partial charge in [0.25, 0.3) is 0 Å². The Morgan fingerprint density at radius 1 is 1.08 bits per heavy atom. The number of nitrogens with one attached hydrogen (secondary N) is 1. The van der Waals surface area contributed by atoms with Gasteiger partial charge in [0.15, 0.2) is 0 Å². The molecular weight excluding hydrogens is 498 g/mol. The highest BCUT2D eigenvalue weighted by atomic mass is 35.5. The van der Waals surface area contributed by atoms with Crippen LogP contribution in [-0.4, -0.2) is 52.0 Å². The Labute approximate surface area is 229 Å². The summed E-state index contributed by atoms with van der Waals surface area (Å²) in [4.78, 5) is 8.23. The van der Waals surface area contributed by atoms with E-state index in [1.54, 1.807) is 11.8 Å². The summed E-state index contributed by atoms with van der Waals surface area (Å²) < 4.78 is 0. The minimum Gasteiger partial charge on any atom is -0.390 e. The maximum Gasteiger partial charge on any atom is 0.134 e. The number of aromatic nitrogens is 1. The molecule has 5 rings (SSSR count). The third-order valence-corrected chi connectivity index (χ3v) is 8.58. The molecule has 37 heavy (non-hydrogen) atoms. The first kappa shape index (κ1) is 26.5. The van der Waals surface area contributed by atoms with E-state index < -0.39 is 6.10 Å². The van der Waals surface area contributed by atoms with Crippen molar-refractivity contribution in [3.8, 4) is 0 Å². The molecule has 1 aromatic heterocycles. The van der Waals surface area contributed by atoms with E-state index in [0.29, 0.717) is 18.2 Å². The SMILES string of the molecule is CSc1ccc2nc(Cl)c(CN3CCCC3C(O)CNC(C)(C)Cc3ccc4ccccc4c3)cc2c1. The molecule has 2 unspecified atom stereocenters. The van der Waals surface area contributed by atoms with E-state index in [1.165, 1.54) is 21.2 Å². The van der Waals surface area contributed by atoms with Crippen molar-refractivity contribution in [2.45, 2.75) is 62.2 Å². The van der Waals surface area contributed by atoms with Crippen molar-refractivity contribution < 1.29 is 5.11 Å². The summed E-state index contributed by atoms with van der Waals surface area (Å²) in [5.41, 5.74) is 3.11. The molecule has 6 heteroatoms. The number of aliphatic hydroxyl groups is 1. The van der Waals surface area contributed by atoms with Crippen LogP contribution in [0.4, 0.5) is 0 Å². The van der Waals surface area contributed by atoms with Crippen LogP contribution in [-0.2, 0) is 13.0 Å². The molecule has 0 spiro atoms. The van der Waals surface area contributed by atoms with Gasteiger partial charge in [-0.15, -0.1) is 11.8 Å². The summed E-state index contributed by atoms with van der Waals surface area (Å²) in [6.45, 7) is 6.65. The van der Waals surface area contributed by atoms with Crippen LogP contribution < -0.4 is 5.32 Å². The van der Waals surface area contributed by atoms with Crippen molar-refractivity contribution in [3.05, 3.63) is 83.0 Å². The van der Waals surface area contributed by atoms with E-state index in [2.05, 4.69) is 96.0 Å². The number of hydrogen-bond acceptors (Lipinski definition) is 5. The van der Waals surface area contributed by atoms with Crippen LogP contribution in [0.1, 0.15) is 37.8 Å². The van der Waals surface area contributed by atoms with Gasteiger partial charge in [-0.25, -0.2) is 4.98 Å². The number of hydrogen-bond donors (Lipinski definition) is 2. The third kappa shape index (κ3) is 6.30. The summed E-state index contributed by atoms with van der Waals surface area (Å²) in [6, 6.07) is 23.7. The number of benzene rings is 3. The number of nitrogens with zero attached hydrogens (tertiary/aromatic N) is 2. The second-order valence-electron chi connectivity index (χ2n) is 10.9. The van der Waals surface area contributed by atoms with E-state index >= 15 is 0 Å². The predicted octanol–water partition coefficient (Wildman–Crippen LogP) is 6.70. The van der Waals surface area contributed by atoms with Crippen LogP contribution in [0.25, 0.3) is 21.7 Å². The van der Waals surface area contributed by atoms with E-state index in [1.807, 2.05) is 6.07 Å². The monoisotopic (exact) mass is 533 g/mol. The van der Waals surface area contributed by atoms with Gasteiger partial charge in [0, 0.05) is 40.5 Å². The fourth-order valence-corrected chi connectivity index (χ4v) is 6.21. The lowest BCUT2D eigenvalue weighted by Crippen LogP contribution is -2.50. The van der Waals surface area contributed by atoms with Gasteiger partial charge in [0.2, 0.25) is 0 Å². The quantitative estimate of drug-likeness (QED) is 0.185. The second-order valence-corrected chi connectivity index (χ2v) is 12.1. The van der Waals surface area contributed by atoms with Gasteiger partial charge >= 0.3 is 0 Å². The maximum absolute atomic E-state index is 11.2. The van der Waals surface area contributed by atoms with Gasteiger partial charge in [-0.3, -0.25) is 4.90 Å². The molecule has 0 bridgehead atoms. The second kappa shape index (κ2) is 11.3. The molecule has 0 aliphatic carbocycles. The highest BCUT2D eigenvalue weighted by Gasteiger charge is 2.32. The Morgan fingerprint density at radius 2 is 1.89 bits per heavy atom. The number of fused-ring (bicyclic) bond motifs is 2. The van der Waals surface area contributed by atoms with Crippen LogP contribution in [0.15, 0.2) is 71.6 Å². The zero-order valence-electron chi connectivity index (χ0n) is 21.9. The van der Waals surface area contributed by atoms with Gasteiger partial charge < -0.3 is 10.4 Å². The zero-order valence-corrected chi connectivity index (χ0v) is 23.4. The molecule has 1 saturated heterocycles. The Hall–Kier alpha value is -2.15. The molecule has 194 valence electrons. The van der Waals surface area contributed by atoms with Crippen LogP contribution in [0, 0.1) is 0 Å². The number of rotatable bonds is 9. The first-order chi connectivity index (χ1) is 17.8. The number of β-amino-alcohol motifs (C(OH)–C–C–N with tert-alkyl or cyclic N) is 1. The molecule has 0 amide bonds. The van der Waals surface area contributed by atoms with E-state index in [0.717, 1.165) is 42.3 Å². The number of thioether (sulfide) groups is 1. The van der Waals surface area contributed by atoms with Gasteiger partial charge in [-0.2, -0.15) is 0 Å². The van der Waals surface area contributed by atoms with E-state index in [9.17, 15) is 5.11 Å². The van der Waals surface area contributed by atoms with Crippen LogP contribution in [0.3, 0.4) is 0 Å². The summed E-state index contributed by atoms with van der Waals surface area (Å²) >= 11 is 8.33. The number of likely N-dealkylation sites (tertiary alicyclic amines) is 1. The molecule has 0 radical (unpaired) electrons. The highest BCUT2D eigenvalue weighted by Crippen LogP contribution is 2.29. The number of aliphatic hydroxyl groups excluding tert-OH is 1. The largest absolute Gasteiger partial charge is 0.390 e. The fourth-order valence-electron chi connectivity index (χ4n) is 5.55. The standard InChI is InChI=1S/C31H36ClN3OS/c1-31(2,18-21-10-11-22-7-4-5-8-23(22)15-21)33-19-29(36)28-9-6-14-35(28)20-25-16-24-17-26(37-3)12-13-27(24)34-30(25)32/h4-5,7-8,10-13,15-17,28-29,33,36H,6,9,14,18-20H2,1-3H3. The van der Waals surface area contributed by atoms with Crippen LogP contribution in [0.5, 0.6) is 0 Å². The normalized spacial score (nSPS) is 17.6. The molecule has 3 aromatic carbocycles. The van der Waals surface area contributed by atoms with Crippen molar-refractivity contribution >= 4 is 45.0 Å². The van der Waals surface area contributed by atoms with Crippen LogP contribution in [0.2, 0.25) is 5.15 Å². The predicted molar refractivity (Wildman–Crippen MR) is 158 cm³/mol. The minimum absolute atomic E-state index is 0.105. The Morgan fingerprint density at radius 3 is 2.70 bits per heavy atom. The molecule has 1 aliphatic heterocycles. The Bertz CT molecular complexity index is 1390. The molecule has 1 fully saturated rings. The van der Waals surface area contributed by atoms with Gasteiger partial charge in [0.05, 0.1) is 11.6 Å². The highest BCUT2D eigenvalue weighted by molar-refractivity contribution is 7.98. The lowest BCUT2D eigenvalue weighted by atomic mass is 9.93. The molecule has 0 saturated carbocycles. The fraction of sp³-hybridized carbons (Fsp3) is 0.387. The first-order valence-electron chi connectivity index (χ1n) is 13.1. The lowest BCUT2D eigenvalue weighted by molar-refractivity contribution is 0.0633. The topological polar surface area (TPSA) is 48.4 Å². The lowest BCUT2D eigenvalue weighted by Gasteiger charge is -2.33. The summed E-state index contributed by atoms with van der Waals surface area (Å²) in [5, 5.41) is 19.1. The van der Waals surface area contributed by atoms with Gasteiger partial charge in [-0.05, 0) is 86.5 Å². The first-order valence-corrected chi connectivity index (χ1v) is 14.7. The van der Waals surface area contributed by atoms with Crippen LogP contribution >= 0.6 is 23.4 Å². The molecule has 2 heterocycles. The average Bonchev–Trinajstić information content (AvgIpc) is 3.35. The Kier molecular flexibility index (Phi) is 8.08. The molecular formula is C31H36ClN3OS. The number of pyridine rings is 1. The Balaban J connectivity index is 1.22. The zero-order chi connectivity index (χ0) is 26.0. The summed E-state index contributed by atoms with van der Waals surface area (Å²) in [7, 11) is 0. The van der Waals surface area contributed by atoms with Crippen molar-refractivity contribution in [2.75, 3.05) is 19.3 Å². The molecule has 2 atom stereocenters. The van der Waals surface area contributed by atoms with Crippen molar-refractivity contribution in [2.24, 2.45) is 0 Å². The minimum atomic E-state index is -0.450. The maximum atomic E-state index is 11.2. The molecule has 1 aliphatic rings. The van der Waals surface area contributed by atoms with Crippen molar-refractivity contribution in [1.82, 2.24) is 15.2 Å². The molecule has 4 nitrogen and oxygen atoms in total. The van der Waals surface area contributed by atoms with E-state index in [-0.39, 0.29) is 11.6 Å². The smallest absolute Gasteiger partial charge is 0.134 e. The van der Waals surface area contributed by atoms with Crippen molar-refractivity contribution in [3.63, 3.8) is 0 Å². The molecule has 4 aromatic rings. The third-order valence-electron chi connectivity index (χ3n) is 7.53. The average molecular weight is 534 g/mol.